The number of hydrogen-bond donors (Lipinski definition) is 2. The van der Waals surface area contributed by atoms with Gasteiger partial charge in [-0.05, 0) is 42.3 Å². The van der Waals surface area contributed by atoms with E-state index in [1.165, 1.54) is 0 Å². The summed E-state index contributed by atoms with van der Waals surface area (Å²) in [4.78, 5) is 11.9. The Balaban J connectivity index is 1.48. The molecule has 0 aromatic heterocycles. The molecule has 1 amide bonds. The van der Waals surface area contributed by atoms with Crippen molar-refractivity contribution >= 4 is 23.2 Å². The Morgan fingerprint density at radius 2 is 2.00 bits per heavy atom. The van der Waals surface area contributed by atoms with Gasteiger partial charge in [-0.25, -0.2) is 0 Å². The van der Waals surface area contributed by atoms with Crippen LogP contribution in [0.25, 0.3) is 0 Å². The van der Waals surface area contributed by atoms with Crippen molar-refractivity contribution in [3.63, 3.8) is 0 Å². The van der Waals surface area contributed by atoms with E-state index in [0.717, 1.165) is 22.6 Å². The molecule has 0 unspecified atom stereocenters. The number of nitrogens with one attached hydrogen (secondary N) is 2. The van der Waals surface area contributed by atoms with Crippen molar-refractivity contribution in [3.8, 4) is 11.5 Å². The first-order valence-electron chi connectivity index (χ1n) is 7.27. The van der Waals surface area contributed by atoms with Gasteiger partial charge in [-0.2, -0.15) is 0 Å². The van der Waals surface area contributed by atoms with Crippen LogP contribution in [0.1, 0.15) is 11.1 Å². The van der Waals surface area contributed by atoms with Crippen molar-refractivity contribution in [2.75, 3.05) is 18.7 Å². The molecular formula is C17H17ClN2O3. The molecule has 2 N–H and O–H groups in total. The highest BCUT2D eigenvalue weighted by molar-refractivity contribution is 6.31. The van der Waals surface area contributed by atoms with Gasteiger partial charge in [-0.3, -0.25) is 4.79 Å². The van der Waals surface area contributed by atoms with Crippen LogP contribution in [-0.2, 0) is 11.3 Å². The smallest absolute Gasteiger partial charge is 0.239 e. The van der Waals surface area contributed by atoms with Crippen molar-refractivity contribution in [3.05, 3.63) is 52.5 Å². The second kappa shape index (κ2) is 6.79. The first kappa shape index (κ1) is 15.5. The first-order valence-corrected chi connectivity index (χ1v) is 7.65. The summed E-state index contributed by atoms with van der Waals surface area (Å²) >= 11 is 6.05. The summed E-state index contributed by atoms with van der Waals surface area (Å²) in [7, 11) is 0. The zero-order chi connectivity index (χ0) is 16.2. The van der Waals surface area contributed by atoms with Gasteiger partial charge in [0.15, 0.2) is 11.5 Å². The molecule has 5 nitrogen and oxygen atoms in total. The molecule has 0 bridgehead atoms. The van der Waals surface area contributed by atoms with Crippen LogP contribution in [0.4, 0.5) is 5.69 Å². The van der Waals surface area contributed by atoms with Gasteiger partial charge >= 0.3 is 0 Å². The van der Waals surface area contributed by atoms with Crippen molar-refractivity contribution < 1.29 is 14.3 Å². The average Bonchev–Trinajstić information content (AvgIpc) is 3.01. The minimum atomic E-state index is -0.0978. The predicted octanol–water partition coefficient (Wildman–Crippen LogP) is 3.11. The molecule has 1 aliphatic rings. The summed E-state index contributed by atoms with van der Waals surface area (Å²) in [5, 5.41) is 6.58. The lowest BCUT2D eigenvalue weighted by atomic mass is 10.2. The topological polar surface area (TPSA) is 59.6 Å². The normalized spacial score (nSPS) is 12.1. The minimum absolute atomic E-state index is 0.0978. The molecule has 6 heteroatoms. The fraction of sp³-hybridized carbons (Fsp3) is 0.235. The van der Waals surface area contributed by atoms with E-state index >= 15 is 0 Å². The second-order valence-corrected chi connectivity index (χ2v) is 5.69. The van der Waals surface area contributed by atoms with Crippen LogP contribution in [0.15, 0.2) is 36.4 Å². The Hall–Kier alpha value is -2.40. The molecule has 2 aromatic carbocycles. The Labute approximate surface area is 139 Å². The molecule has 0 aliphatic carbocycles. The van der Waals surface area contributed by atoms with E-state index in [4.69, 9.17) is 21.1 Å². The minimum Gasteiger partial charge on any atom is -0.454 e. The molecule has 120 valence electrons. The third-order valence-corrected chi connectivity index (χ3v) is 3.96. The Bertz CT molecular complexity index is 734. The summed E-state index contributed by atoms with van der Waals surface area (Å²) in [5.74, 6) is 1.35. The van der Waals surface area contributed by atoms with Crippen LogP contribution < -0.4 is 20.1 Å². The monoisotopic (exact) mass is 332 g/mol. The number of halogens is 1. The van der Waals surface area contributed by atoms with E-state index in [-0.39, 0.29) is 19.2 Å². The second-order valence-electron chi connectivity index (χ2n) is 5.28. The molecule has 23 heavy (non-hydrogen) atoms. The lowest BCUT2D eigenvalue weighted by molar-refractivity contribution is -0.119. The fourth-order valence-electron chi connectivity index (χ4n) is 2.20. The summed E-state index contributed by atoms with van der Waals surface area (Å²) < 4.78 is 10.6. The molecule has 0 spiro atoms. The number of ether oxygens (including phenoxy) is 2. The van der Waals surface area contributed by atoms with Crippen LogP contribution in [0.5, 0.6) is 11.5 Å². The number of anilines is 1. The van der Waals surface area contributed by atoms with E-state index in [1.807, 2.05) is 43.3 Å². The van der Waals surface area contributed by atoms with Crippen LogP contribution in [0.2, 0.25) is 5.02 Å². The Morgan fingerprint density at radius 3 is 2.83 bits per heavy atom. The third-order valence-electron chi connectivity index (χ3n) is 3.55. The number of amides is 1. The maximum Gasteiger partial charge on any atom is 0.239 e. The first-order chi connectivity index (χ1) is 11.1. The third kappa shape index (κ3) is 3.87. The fourth-order valence-corrected chi connectivity index (χ4v) is 2.38. The number of rotatable bonds is 5. The van der Waals surface area contributed by atoms with Crippen LogP contribution in [0.3, 0.4) is 0 Å². The molecule has 2 aromatic rings. The van der Waals surface area contributed by atoms with E-state index in [9.17, 15) is 4.79 Å². The lowest BCUT2D eigenvalue weighted by Crippen LogP contribution is -2.29. The summed E-state index contributed by atoms with van der Waals surface area (Å²) in [6, 6.07) is 11.2. The van der Waals surface area contributed by atoms with Crippen molar-refractivity contribution in [2.45, 2.75) is 13.5 Å². The number of benzene rings is 2. The Kier molecular flexibility index (Phi) is 4.57. The van der Waals surface area contributed by atoms with Crippen LogP contribution in [0, 0.1) is 6.92 Å². The van der Waals surface area contributed by atoms with Gasteiger partial charge in [0.25, 0.3) is 0 Å². The quantitative estimate of drug-likeness (QED) is 0.883. The molecule has 0 saturated heterocycles. The van der Waals surface area contributed by atoms with Gasteiger partial charge in [0.2, 0.25) is 12.7 Å². The van der Waals surface area contributed by atoms with E-state index in [2.05, 4.69) is 10.6 Å². The van der Waals surface area contributed by atoms with Gasteiger partial charge in [0, 0.05) is 17.3 Å². The van der Waals surface area contributed by atoms with Gasteiger partial charge < -0.3 is 20.1 Å². The summed E-state index contributed by atoms with van der Waals surface area (Å²) in [6.45, 7) is 2.80. The highest BCUT2D eigenvalue weighted by Gasteiger charge is 2.13. The zero-order valence-corrected chi connectivity index (χ0v) is 13.4. The number of fused-ring (bicyclic) bond motifs is 1. The highest BCUT2D eigenvalue weighted by atomic mass is 35.5. The molecule has 0 fully saturated rings. The Morgan fingerprint density at radius 1 is 1.17 bits per heavy atom. The van der Waals surface area contributed by atoms with Crippen molar-refractivity contribution in [1.82, 2.24) is 5.32 Å². The largest absolute Gasteiger partial charge is 0.454 e. The van der Waals surface area contributed by atoms with E-state index in [1.54, 1.807) is 0 Å². The maximum absolute atomic E-state index is 11.9. The standard InChI is InChI=1S/C17H17ClN2O3/c1-11-2-4-13(7-14(11)18)19-9-17(21)20-8-12-3-5-15-16(6-12)23-10-22-15/h2-7,19H,8-10H2,1H3,(H,20,21). The number of carbonyl (C=O) groups is 1. The predicted molar refractivity (Wildman–Crippen MR) is 89.1 cm³/mol. The molecule has 1 heterocycles. The van der Waals surface area contributed by atoms with E-state index < -0.39 is 0 Å². The SMILES string of the molecule is Cc1ccc(NCC(=O)NCc2ccc3c(c2)OCO3)cc1Cl. The van der Waals surface area contributed by atoms with E-state index in [0.29, 0.717) is 17.3 Å². The van der Waals surface area contributed by atoms with Crippen molar-refractivity contribution in [1.29, 1.82) is 0 Å². The lowest BCUT2D eigenvalue weighted by Gasteiger charge is -2.09. The van der Waals surface area contributed by atoms with Gasteiger partial charge in [-0.1, -0.05) is 23.7 Å². The maximum atomic E-state index is 11.9. The number of hydrogen-bond acceptors (Lipinski definition) is 4. The summed E-state index contributed by atoms with van der Waals surface area (Å²) in [5.41, 5.74) is 2.78. The molecule has 1 aliphatic heterocycles. The number of aryl methyl sites for hydroxylation is 1. The van der Waals surface area contributed by atoms with Crippen molar-refractivity contribution in [2.24, 2.45) is 0 Å². The molecular weight excluding hydrogens is 316 g/mol. The summed E-state index contributed by atoms with van der Waals surface area (Å²) in [6.07, 6.45) is 0. The molecule has 0 radical (unpaired) electrons. The molecule has 3 rings (SSSR count). The average molecular weight is 333 g/mol. The highest BCUT2D eigenvalue weighted by Crippen LogP contribution is 2.32. The number of carbonyl (C=O) groups excluding carboxylic acids is 1. The molecule has 0 saturated carbocycles. The van der Waals surface area contributed by atoms with Gasteiger partial charge in [-0.15, -0.1) is 0 Å². The van der Waals surface area contributed by atoms with Crippen LogP contribution >= 0.6 is 11.6 Å². The molecule has 0 atom stereocenters. The van der Waals surface area contributed by atoms with Gasteiger partial charge in [0.05, 0.1) is 6.54 Å². The van der Waals surface area contributed by atoms with Gasteiger partial charge in [0.1, 0.15) is 0 Å². The van der Waals surface area contributed by atoms with Crippen LogP contribution in [-0.4, -0.2) is 19.2 Å². The zero-order valence-electron chi connectivity index (χ0n) is 12.7.